The van der Waals surface area contributed by atoms with Crippen LogP contribution in [0.15, 0.2) is 67.5 Å². The Bertz CT molecular complexity index is 1440. The van der Waals surface area contributed by atoms with Crippen molar-refractivity contribution in [3.8, 4) is 5.95 Å². The van der Waals surface area contributed by atoms with Crippen molar-refractivity contribution in [1.29, 1.82) is 0 Å². The van der Waals surface area contributed by atoms with E-state index in [0.717, 1.165) is 22.4 Å². The Morgan fingerprint density at radius 3 is 2.66 bits per heavy atom. The minimum atomic E-state index is -0.639. The van der Waals surface area contributed by atoms with Crippen LogP contribution >= 0.6 is 0 Å². The Morgan fingerprint density at radius 1 is 1.03 bits per heavy atom. The van der Waals surface area contributed by atoms with Crippen LogP contribution in [0.4, 0.5) is 5.82 Å². The second-order valence-electron chi connectivity index (χ2n) is 9.49. The number of pyridine rings is 1. The summed E-state index contributed by atoms with van der Waals surface area (Å²) in [4.78, 5) is 48.0. The summed E-state index contributed by atoms with van der Waals surface area (Å²) in [7, 11) is 0. The van der Waals surface area contributed by atoms with E-state index in [1.807, 2.05) is 31.7 Å². The summed E-state index contributed by atoms with van der Waals surface area (Å²) >= 11 is 0. The first-order chi connectivity index (χ1) is 18.4. The normalized spacial score (nSPS) is 15.4. The maximum atomic E-state index is 13.7. The Kier molecular flexibility index (Phi) is 7.12. The zero-order chi connectivity index (χ0) is 26.6. The van der Waals surface area contributed by atoms with Crippen LogP contribution in [-0.2, 0) is 11.3 Å². The van der Waals surface area contributed by atoms with Crippen LogP contribution in [-0.4, -0.2) is 66.9 Å². The van der Waals surface area contributed by atoms with Gasteiger partial charge in [-0.15, -0.1) is 0 Å². The van der Waals surface area contributed by atoms with Gasteiger partial charge in [-0.1, -0.05) is 23.8 Å². The van der Waals surface area contributed by atoms with Gasteiger partial charge in [0.1, 0.15) is 18.2 Å². The van der Waals surface area contributed by atoms with Crippen molar-refractivity contribution < 1.29 is 9.59 Å². The standard InChI is InChI=1S/C28H30N8O2/c1-19-6-7-20(2)23(13-19)16-31-26(37)24-17-34(27(38)22-5-4-8-29-15-22)11-12-36(24)25-14-21(3)32-28(33-25)35-10-9-30-18-35/h4-10,13-15,18,24H,11-12,16-17H2,1-3H3,(H,31,37). The zero-order valence-corrected chi connectivity index (χ0v) is 21.7. The first-order valence-corrected chi connectivity index (χ1v) is 12.5. The predicted octanol–water partition coefficient (Wildman–Crippen LogP) is 2.63. The molecular formula is C28H30N8O2. The molecule has 1 saturated heterocycles. The van der Waals surface area contributed by atoms with Crippen molar-refractivity contribution >= 4 is 17.6 Å². The maximum Gasteiger partial charge on any atom is 0.255 e. The van der Waals surface area contributed by atoms with Crippen molar-refractivity contribution in [2.75, 3.05) is 24.5 Å². The van der Waals surface area contributed by atoms with Gasteiger partial charge >= 0.3 is 0 Å². The molecule has 4 aromatic rings. The fourth-order valence-electron chi connectivity index (χ4n) is 4.61. The second kappa shape index (κ2) is 10.8. The Balaban J connectivity index is 1.43. The minimum absolute atomic E-state index is 0.150. The lowest BCUT2D eigenvalue weighted by Crippen LogP contribution is -2.60. The van der Waals surface area contributed by atoms with Crippen molar-refractivity contribution in [1.82, 2.24) is 34.7 Å². The van der Waals surface area contributed by atoms with E-state index in [1.165, 1.54) is 0 Å². The van der Waals surface area contributed by atoms with Crippen LogP contribution in [0.5, 0.6) is 0 Å². The number of benzene rings is 1. The van der Waals surface area contributed by atoms with Crippen molar-refractivity contribution in [3.05, 3.63) is 95.5 Å². The minimum Gasteiger partial charge on any atom is -0.350 e. The lowest BCUT2D eigenvalue weighted by Gasteiger charge is -2.41. The molecule has 10 heteroatoms. The topological polar surface area (TPSA) is 109 Å². The van der Waals surface area contributed by atoms with Crippen molar-refractivity contribution in [2.45, 2.75) is 33.4 Å². The van der Waals surface area contributed by atoms with Crippen LogP contribution < -0.4 is 10.2 Å². The van der Waals surface area contributed by atoms with Crippen LogP contribution in [0.3, 0.4) is 0 Å². The summed E-state index contributed by atoms with van der Waals surface area (Å²) in [5.74, 6) is 0.778. The number of hydrogen-bond acceptors (Lipinski definition) is 7. The highest BCUT2D eigenvalue weighted by Gasteiger charge is 2.36. The number of nitrogens with one attached hydrogen (secondary N) is 1. The third-order valence-electron chi connectivity index (χ3n) is 6.69. The summed E-state index contributed by atoms with van der Waals surface area (Å²) < 4.78 is 1.73. The monoisotopic (exact) mass is 510 g/mol. The quantitative estimate of drug-likeness (QED) is 0.425. The van der Waals surface area contributed by atoms with E-state index in [4.69, 9.17) is 4.98 Å². The maximum absolute atomic E-state index is 13.7. The van der Waals surface area contributed by atoms with Gasteiger partial charge in [-0.25, -0.2) is 9.97 Å². The number of piperazine rings is 1. The number of carbonyl (C=O) groups is 2. The highest BCUT2D eigenvalue weighted by atomic mass is 16.2. The molecule has 1 N–H and O–H groups in total. The van der Waals surface area contributed by atoms with Crippen molar-refractivity contribution in [3.63, 3.8) is 0 Å². The number of anilines is 1. The van der Waals surface area contributed by atoms with Gasteiger partial charge in [-0.05, 0) is 44.0 Å². The smallest absolute Gasteiger partial charge is 0.255 e. The molecule has 0 bridgehead atoms. The van der Waals surface area contributed by atoms with E-state index in [2.05, 4.69) is 38.5 Å². The third-order valence-corrected chi connectivity index (χ3v) is 6.69. The molecule has 10 nitrogen and oxygen atoms in total. The Labute approximate surface area is 221 Å². The predicted molar refractivity (Wildman–Crippen MR) is 143 cm³/mol. The molecule has 194 valence electrons. The summed E-state index contributed by atoms with van der Waals surface area (Å²) in [5, 5.41) is 3.10. The highest BCUT2D eigenvalue weighted by molar-refractivity contribution is 5.95. The molecule has 1 aliphatic rings. The number of hydrogen-bond donors (Lipinski definition) is 1. The SMILES string of the molecule is Cc1ccc(C)c(CNC(=O)C2CN(C(=O)c3cccnc3)CCN2c2cc(C)nc(-n3ccnc3)n2)c1. The van der Waals surface area contributed by atoms with Gasteiger partial charge < -0.3 is 15.1 Å². The first-order valence-electron chi connectivity index (χ1n) is 12.5. The van der Waals surface area contributed by atoms with Gasteiger partial charge in [-0.3, -0.25) is 19.1 Å². The molecule has 1 aromatic carbocycles. The fourth-order valence-corrected chi connectivity index (χ4v) is 4.61. The van der Waals surface area contributed by atoms with Crippen LogP contribution in [0.25, 0.3) is 5.95 Å². The molecule has 1 atom stereocenters. The van der Waals surface area contributed by atoms with Gasteiger partial charge in [-0.2, -0.15) is 4.98 Å². The van der Waals surface area contributed by atoms with Crippen LogP contribution in [0, 0.1) is 20.8 Å². The molecule has 1 fully saturated rings. The molecule has 0 aliphatic carbocycles. The molecule has 2 amide bonds. The molecule has 0 saturated carbocycles. The lowest BCUT2D eigenvalue weighted by atomic mass is 10.1. The average Bonchev–Trinajstić information content (AvgIpc) is 3.48. The van der Waals surface area contributed by atoms with Gasteiger partial charge in [0.25, 0.3) is 5.91 Å². The molecular weight excluding hydrogens is 480 g/mol. The number of aryl methyl sites for hydroxylation is 3. The summed E-state index contributed by atoms with van der Waals surface area (Å²) in [6, 6.07) is 10.9. The van der Waals surface area contributed by atoms with Gasteiger partial charge in [0.15, 0.2) is 0 Å². The number of carbonyl (C=O) groups excluding carboxylic acids is 2. The van der Waals surface area contributed by atoms with Gasteiger partial charge in [0, 0.05) is 56.2 Å². The molecule has 0 radical (unpaired) electrons. The van der Waals surface area contributed by atoms with E-state index in [1.54, 1.807) is 52.7 Å². The van der Waals surface area contributed by atoms with Gasteiger partial charge in [0.05, 0.1) is 12.1 Å². The molecule has 1 aliphatic heterocycles. The van der Waals surface area contributed by atoms with Crippen LogP contribution in [0.1, 0.15) is 32.7 Å². The Morgan fingerprint density at radius 2 is 1.89 bits per heavy atom. The summed E-state index contributed by atoms with van der Waals surface area (Å²) in [6.07, 6.45) is 8.26. The number of aromatic nitrogens is 5. The lowest BCUT2D eigenvalue weighted by molar-refractivity contribution is -0.123. The van der Waals surface area contributed by atoms with E-state index >= 15 is 0 Å². The van der Waals surface area contributed by atoms with E-state index in [-0.39, 0.29) is 18.4 Å². The third kappa shape index (κ3) is 5.39. The number of imidazole rings is 1. The zero-order valence-electron chi connectivity index (χ0n) is 21.7. The number of nitrogens with zero attached hydrogens (tertiary/aromatic N) is 7. The van der Waals surface area contributed by atoms with Gasteiger partial charge in [0.2, 0.25) is 11.9 Å². The van der Waals surface area contributed by atoms with E-state index < -0.39 is 6.04 Å². The first kappa shape index (κ1) is 25.1. The average molecular weight is 511 g/mol. The molecule has 38 heavy (non-hydrogen) atoms. The molecule has 0 spiro atoms. The summed E-state index contributed by atoms with van der Waals surface area (Å²) in [6.45, 7) is 7.45. The van der Waals surface area contributed by atoms with Crippen molar-refractivity contribution in [2.24, 2.45) is 0 Å². The molecule has 1 unspecified atom stereocenters. The largest absolute Gasteiger partial charge is 0.350 e. The van der Waals surface area contributed by atoms with E-state index in [9.17, 15) is 9.59 Å². The van der Waals surface area contributed by atoms with E-state index in [0.29, 0.717) is 37.0 Å². The molecule has 4 heterocycles. The summed E-state index contributed by atoms with van der Waals surface area (Å²) in [5.41, 5.74) is 4.57. The molecule has 3 aromatic heterocycles. The number of rotatable bonds is 6. The highest BCUT2D eigenvalue weighted by Crippen LogP contribution is 2.22. The Hall–Kier alpha value is -4.60. The second-order valence-corrected chi connectivity index (χ2v) is 9.49. The number of amides is 2. The fraction of sp³-hybridized carbons (Fsp3) is 0.286. The van der Waals surface area contributed by atoms with Crippen LogP contribution in [0.2, 0.25) is 0 Å². The molecule has 5 rings (SSSR count).